The standard InChI is InChI=1S/C13H22BrNO12/c14-1-3(17)13(8(22)7(21)10(24)26-12(13,15)2-16)27-11-6(20)4(18)5(19)9(23)25-11/h4-11,16,18-24H,1-2,15H2/t4-,5-,6+,7+,8-,9-,10+,11-,12+,13-/m0/s1. The van der Waals surface area contributed by atoms with Crippen LogP contribution in [-0.2, 0) is 19.0 Å². The second-order valence-corrected chi connectivity index (χ2v) is 6.83. The number of aliphatic hydroxyl groups is 8. The lowest BCUT2D eigenvalue weighted by molar-refractivity contribution is -0.410. The van der Waals surface area contributed by atoms with Gasteiger partial charge in [0.25, 0.3) is 0 Å². The van der Waals surface area contributed by atoms with Gasteiger partial charge in [0, 0.05) is 0 Å². The third-order valence-electron chi connectivity index (χ3n) is 4.61. The van der Waals surface area contributed by atoms with Crippen molar-refractivity contribution in [3.63, 3.8) is 0 Å². The lowest BCUT2D eigenvalue weighted by atomic mass is 9.76. The molecule has 0 unspecified atom stereocenters. The number of alkyl halides is 1. The SMILES string of the molecule is N[C@]1(CO)O[C@@H](O)[C@H](O)[C@H](O)[C@@]1(O[C@@H]1O[C@H](O)[C@@H](O)[C@H](O)[C@H]1O)C(=O)CBr. The van der Waals surface area contributed by atoms with Crippen LogP contribution in [0.5, 0.6) is 0 Å². The minimum Gasteiger partial charge on any atom is -0.392 e. The van der Waals surface area contributed by atoms with Crippen molar-refractivity contribution in [2.24, 2.45) is 5.73 Å². The quantitative estimate of drug-likeness (QED) is 0.173. The second kappa shape index (κ2) is 8.19. The van der Waals surface area contributed by atoms with E-state index >= 15 is 0 Å². The second-order valence-electron chi connectivity index (χ2n) is 6.27. The number of Topliss-reactive ketones (excluding diaryl/α,β-unsaturated/α-hetero) is 1. The van der Waals surface area contributed by atoms with Crippen LogP contribution in [-0.4, -0.2) is 119 Å². The topological polar surface area (TPSA) is 233 Å². The summed E-state index contributed by atoms with van der Waals surface area (Å²) in [5.41, 5.74) is 0.379. The van der Waals surface area contributed by atoms with Gasteiger partial charge in [-0.2, -0.15) is 0 Å². The molecule has 10 N–H and O–H groups in total. The Labute approximate surface area is 160 Å². The molecule has 0 spiro atoms. The zero-order valence-electron chi connectivity index (χ0n) is 13.7. The van der Waals surface area contributed by atoms with Crippen molar-refractivity contribution < 1.29 is 59.9 Å². The number of ether oxygens (including phenoxy) is 3. The number of carbonyl (C=O) groups is 1. The molecule has 0 aromatic heterocycles. The lowest BCUT2D eigenvalue weighted by Gasteiger charge is -2.55. The van der Waals surface area contributed by atoms with Gasteiger partial charge in [0.15, 0.2) is 30.4 Å². The fourth-order valence-corrected chi connectivity index (χ4v) is 3.44. The zero-order chi connectivity index (χ0) is 20.7. The van der Waals surface area contributed by atoms with Gasteiger partial charge in [0.1, 0.15) is 30.5 Å². The largest absolute Gasteiger partial charge is 0.392 e. The van der Waals surface area contributed by atoms with Crippen LogP contribution in [0.2, 0.25) is 0 Å². The van der Waals surface area contributed by atoms with Crippen molar-refractivity contribution in [3.8, 4) is 0 Å². The number of rotatable bonds is 5. The first-order valence-electron chi connectivity index (χ1n) is 7.73. The molecular weight excluding hydrogens is 442 g/mol. The molecule has 0 bridgehead atoms. The van der Waals surface area contributed by atoms with Crippen LogP contribution >= 0.6 is 15.9 Å². The first-order valence-corrected chi connectivity index (χ1v) is 8.85. The number of nitrogens with two attached hydrogens (primary N) is 1. The fraction of sp³-hybridized carbons (Fsp3) is 0.923. The van der Waals surface area contributed by atoms with Gasteiger partial charge in [0.2, 0.25) is 5.60 Å². The molecule has 2 aliphatic heterocycles. The van der Waals surface area contributed by atoms with Crippen molar-refractivity contribution in [3.05, 3.63) is 0 Å². The van der Waals surface area contributed by atoms with Crippen LogP contribution in [0.15, 0.2) is 0 Å². The summed E-state index contributed by atoms with van der Waals surface area (Å²) >= 11 is 2.82. The number of hydrogen-bond donors (Lipinski definition) is 9. The highest BCUT2D eigenvalue weighted by atomic mass is 79.9. The highest BCUT2D eigenvalue weighted by molar-refractivity contribution is 9.09. The highest BCUT2D eigenvalue weighted by Crippen LogP contribution is 2.41. The molecular formula is C13H22BrNO12. The Balaban J connectivity index is 2.51. The number of aliphatic hydroxyl groups excluding tert-OH is 8. The third kappa shape index (κ3) is 3.55. The van der Waals surface area contributed by atoms with Crippen molar-refractivity contribution in [2.75, 3.05) is 11.9 Å². The molecule has 10 atom stereocenters. The molecule has 0 saturated carbocycles. The van der Waals surface area contributed by atoms with Gasteiger partial charge in [-0.25, -0.2) is 0 Å². The number of carbonyl (C=O) groups excluding carboxylic acids is 1. The Morgan fingerprint density at radius 1 is 1.00 bits per heavy atom. The summed E-state index contributed by atoms with van der Waals surface area (Å²) < 4.78 is 15.0. The summed E-state index contributed by atoms with van der Waals surface area (Å²) in [5.74, 6) is -1.09. The molecule has 0 amide bonds. The summed E-state index contributed by atoms with van der Waals surface area (Å²) in [7, 11) is 0. The normalized spacial score (nSPS) is 51.2. The number of hydrogen-bond acceptors (Lipinski definition) is 13. The first-order chi connectivity index (χ1) is 12.5. The van der Waals surface area contributed by atoms with E-state index in [4.69, 9.17) is 19.9 Å². The minimum atomic E-state index is -2.82. The Kier molecular flexibility index (Phi) is 6.96. The van der Waals surface area contributed by atoms with Gasteiger partial charge in [0.05, 0.1) is 11.9 Å². The van der Waals surface area contributed by atoms with E-state index in [1.54, 1.807) is 0 Å². The van der Waals surface area contributed by atoms with E-state index in [0.717, 1.165) is 0 Å². The predicted molar refractivity (Wildman–Crippen MR) is 84.6 cm³/mol. The molecule has 2 heterocycles. The van der Waals surface area contributed by atoms with Crippen molar-refractivity contribution in [2.45, 2.75) is 60.7 Å². The molecule has 2 aliphatic rings. The Bertz CT molecular complexity index is 555. The van der Waals surface area contributed by atoms with Gasteiger partial charge in [-0.15, -0.1) is 0 Å². The van der Waals surface area contributed by atoms with Crippen LogP contribution in [0.3, 0.4) is 0 Å². The summed E-state index contributed by atoms with van der Waals surface area (Å²) in [6.07, 6.45) is -16.6. The van der Waals surface area contributed by atoms with E-state index in [9.17, 15) is 45.6 Å². The molecule has 0 radical (unpaired) electrons. The Hall–Kier alpha value is -0.330. The number of ketones is 1. The van der Waals surface area contributed by atoms with E-state index in [1.165, 1.54) is 0 Å². The Morgan fingerprint density at radius 3 is 2.11 bits per heavy atom. The average molecular weight is 464 g/mol. The summed E-state index contributed by atoms with van der Waals surface area (Å²) in [6.45, 7) is -1.21. The lowest BCUT2D eigenvalue weighted by Crippen LogP contribution is -2.82. The molecule has 2 rings (SSSR count). The molecule has 0 aliphatic carbocycles. The maximum Gasteiger partial charge on any atom is 0.203 e. The van der Waals surface area contributed by atoms with Crippen molar-refractivity contribution >= 4 is 21.7 Å². The van der Waals surface area contributed by atoms with E-state index < -0.39 is 78.4 Å². The van der Waals surface area contributed by atoms with Crippen molar-refractivity contribution in [1.29, 1.82) is 0 Å². The maximum atomic E-state index is 12.6. The zero-order valence-corrected chi connectivity index (χ0v) is 15.3. The minimum absolute atomic E-state index is 0.550. The van der Waals surface area contributed by atoms with Gasteiger partial charge in [-0.05, 0) is 0 Å². The van der Waals surface area contributed by atoms with Gasteiger partial charge in [-0.1, -0.05) is 15.9 Å². The average Bonchev–Trinajstić information content (AvgIpc) is 2.65. The van der Waals surface area contributed by atoms with Gasteiger partial charge < -0.3 is 55.1 Å². The van der Waals surface area contributed by atoms with E-state index in [0.29, 0.717) is 0 Å². The van der Waals surface area contributed by atoms with Crippen LogP contribution < -0.4 is 5.73 Å². The third-order valence-corrected chi connectivity index (χ3v) is 5.12. The number of halogens is 1. The predicted octanol–water partition coefficient (Wildman–Crippen LogP) is -5.82. The molecule has 13 nitrogen and oxygen atoms in total. The molecule has 2 fully saturated rings. The van der Waals surface area contributed by atoms with E-state index in [-0.39, 0.29) is 0 Å². The molecule has 2 saturated heterocycles. The molecule has 0 aromatic rings. The first kappa shape index (κ1) is 23.0. The van der Waals surface area contributed by atoms with Crippen molar-refractivity contribution in [1.82, 2.24) is 0 Å². The van der Waals surface area contributed by atoms with Crippen LogP contribution in [0.1, 0.15) is 0 Å². The summed E-state index contributed by atoms with van der Waals surface area (Å²) in [5, 5.41) is 78.1. The monoisotopic (exact) mass is 463 g/mol. The Morgan fingerprint density at radius 2 is 1.59 bits per heavy atom. The fourth-order valence-electron chi connectivity index (χ4n) is 3.02. The summed E-state index contributed by atoms with van der Waals surface area (Å²) in [6, 6.07) is 0. The van der Waals surface area contributed by atoms with Crippen LogP contribution in [0.4, 0.5) is 0 Å². The molecule has 27 heavy (non-hydrogen) atoms. The molecule has 0 aromatic carbocycles. The maximum absolute atomic E-state index is 12.6. The smallest absolute Gasteiger partial charge is 0.203 e. The highest BCUT2D eigenvalue weighted by Gasteiger charge is 2.69. The molecule has 14 heteroatoms. The van der Waals surface area contributed by atoms with E-state index in [2.05, 4.69) is 15.9 Å². The molecule has 158 valence electrons. The van der Waals surface area contributed by atoms with Crippen LogP contribution in [0, 0.1) is 0 Å². The van der Waals surface area contributed by atoms with Gasteiger partial charge >= 0.3 is 0 Å². The van der Waals surface area contributed by atoms with Crippen LogP contribution in [0.25, 0.3) is 0 Å². The van der Waals surface area contributed by atoms with Gasteiger partial charge in [-0.3, -0.25) is 10.5 Å². The van der Waals surface area contributed by atoms with E-state index in [1.807, 2.05) is 0 Å². The summed E-state index contributed by atoms with van der Waals surface area (Å²) in [4.78, 5) is 12.6.